The third-order valence-corrected chi connectivity index (χ3v) is 2.90. The molecule has 0 bridgehead atoms. The maximum Gasteiger partial charge on any atom is 0.416 e. The molecule has 23 heavy (non-hydrogen) atoms. The van der Waals surface area contributed by atoms with E-state index in [9.17, 15) is 33.3 Å². The first kappa shape index (κ1) is 16.4. The summed E-state index contributed by atoms with van der Waals surface area (Å²) in [4.78, 5) is 21.8. The van der Waals surface area contributed by atoms with Crippen LogP contribution in [0.15, 0.2) is 48.5 Å². The van der Waals surface area contributed by atoms with Crippen molar-refractivity contribution < 1.29 is 28.1 Å². The molecule has 1 N–H and O–H groups in total. The molecule has 0 saturated heterocycles. The Morgan fingerprint density at radius 1 is 1.13 bits per heavy atom. The lowest BCUT2D eigenvalue weighted by molar-refractivity contribution is -0.385. The van der Waals surface area contributed by atoms with Gasteiger partial charge >= 0.3 is 6.18 Å². The first-order chi connectivity index (χ1) is 10.7. The monoisotopic (exact) mass is 326 g/mol. The average molecular weight is 326 g/mol. The van der Waals surface area contributed by atoms with Crippen LogP contribution in [0.25, 0.3) is 0 Å². The van der Waals surface area contributed by atoms with E-state index in [1.165, 1.54) is 24.3 Å². The predicted octanol–water partition coefficient (Wildman–Crippen LogP) is 3.65. The van der Waals surface area contributed by atoms with Crippen LogP contribution in [0, 0.1) is 10.1 Å². The van der Waals surface area contributed by atoms with E-state index in [1.807, 2.05) is 0 Å². The van der Waals surface area contributed by atoms with E-state index in [1.54, 1.807) is 6.07 Å². The number of para-hydroxylation sites is 1. The van der Waals surface area contributed by atoms with Crippen molar-refractivity contribution in [2.24, 2.45) is 0 Å². The highest BCUT2D eigenvalue weighted by atomic mass is 19.4. The number of hydrogen-bond donors (Lipinski definition) is 1. The number of amides is 1. The Morgan fingerprint density at radius 2 is 1.74 bits per heavy atom. The molecule has 120 valence electrons. The van der Waals surface area contributed by atoms with E-state index in [-0.39, 0.29) is 10.8 Å². The Bertz CT molecular complexity index is 747. The summed E-state index contributed by atoms with van der Waals surface area (Å²) in [5, 5.41) is 20.7. The predicted molar refractivity (Wildman–Crippen MR) is 73.1 cm³/mol. The van der Waals surface area contributed by atoms with Gasteiger partial charge in [-0.15, -0.1) is 0 Å². The molecule has 0 unspecified atom stereocenters. The molecular weight excluding hydrogens is 317 g/mol. The second-order valence-corrected chi connectivity index (χ2v) is 4.48. The Balaban J connectivity index is 2.47. The number of nitro benzene ring substituents is 1. The van der Waals surface area contributed by atoms with Crippen molar-refractivity contribution in [3.05, 3.63) is 69.8 Å². The summed E-state index contributed by atoms with van der Waals surface area (Å²) in [6.45, 7) is 0. The number of alkyl halides is 3. The lowest BCUT2D eigenvalue weighted by atomic mass is 10.1. The van der Waals surface area contributed by atoms with Crippen LogP contribution in [0.3, 0.4) is 0 Å². The van der Waals surface area contributed by atoms with E-state index in [0.717, 1.165) is 0 Å². The van der Waals surface area contributed by atoms with Crippen molar-refractivity contribution >= 4 is 17.3 Å². The third kappa shape index (κ3) is 3.64. The van der Waals surface area contributed by atoms with Gasteiger partial charge in [0.1, 0.15) is 0 Å². The number of anilines is 1. The summed E-state index contributed by atoms with van der Waals surface area (Å²) >= 11 is 0. The highest BCUT2D eigenvalue weighted by molar-refractivity contribution is 6.04. The number of carbonyl (C=O) groups excluding carboxylic acids is 1. The Labute approximate surface area is 127 Å². The smallest absolute Gasteiger partial charge is 0.281 e. The summed E-state index contributed by atoms with van der Waals surface area (Å²) in [7, 11) is 0. The molecule has 2 rings (SSSR count). The van der Waals surface area contributed by atoms with Gasteiger partial charge in [-0.25, -0.2) is 0 Å². The van der Waals surface area contributed by atoms with Crippen LogP contribution in [-0.2, 0) is 6.18 Å². The van der Waals surface area contributed by atoms with Crippen LogP contribution in [0.5, 0.6) is 0 Å². The van der Waals surface area contributed by atoms with Gasteiger partial charge in [0.25, 0.3) is 11.6 Å². The molecule has 0 aliphatic heterocycles. The van der Waals surface area contributed by atoms with Gasteiger partial charge in [0.15, 0.2) is 0 Å². The molecule has 0 aliphatic carbocycles. The van der Waals surface area contributed by atoms with E-state index < -0.39 is 33.8 Å². The fourth-order valence-corrected chi connectivity index (χ4v) is 1.81. The maximum atomic E-state index is 12.8. The van der Waals surface area contributed by atoms with Gasteiger partial charge in [0.2, 0.25) is 0 Å². The summed E-state index contributed by atoms with van der Waals surface area (Å²) in [5.74, 6) is -1.22. The lowest BCUT2D eigenvalue weighted by Gasteiger charge is -2.15. The van der Waals surface area contributed by atoms with Gasteiger partial charge in [0.05, 0.1) is 16.2 Å². The van der Waals surface area contributed by atoms with Gasteiger partial charge in [-0.2, -0.15) is 18.2 Å². The van der Waals surface area contributed by atoms with Crippen LogP contribution in [-0.4, -0.2) is 16.0 Å². The molecule has 0 radical (unpaired) electrons. The molecule has 0 spiro atoms. The highest BCUT2D eigenvalue weighted by Crippen LogP contribution is 2.33. The summed E-state index contributed by atoms with van der Waals surface area (Å²) < 4.78 is 38.4. The largest absolute Gasteiger partial charge is 0.416 e. The minimum Gasteiger partial charge on any atom is -0.281 e. The van der Waals surface area contributed by atoms with Gasteiger partial charge in [-0.3, -0.25) is 20.1 Å². The Kier molecular flexibility index (Phi) is 4.32. The summed E-state index contributed by atoms with van der Waals surface area (Å²) in [5.41, 5.74) is -2.89. The first-order valence-corrected chi connectivity index (χ1v) is 6.15. The van der Waals surface area contributed by atoms with Gasteiger partial charge in [0, 0.05) is 17.7 Å². The molecule has 1 amide bonds. The SMILES string of the molecule is O=C(c1cc([N+](=O)[O-])cc(C(F)(F)F)c1)N(O)c1ccccc1. The van der Waals surface area contributed by atoms with E-state index in [0.29, 0.717) is 18.2 Å². The number of nitro groups is 1. The van der Waals surface area contributed by atoms with Crippen molar-refractivity contribution in [2.75, 3.05) is 5.06 Å². The van der Waals surface area contributed by atoms with Gasteiger partial charge in [-0.05, 0) is 18.2 Å². The number of hydrogen-bond acceptors (Lipinski definition) is 4. The molecule has 9 heteroatoms. The highest BCUT2D eigenvalue weighted by Gasteiger charge is 2.34. The Morgan fingerprint density at radius 3 is 2.26 bits per heavy atom. The zero-order chi connectivity index (χ0) is 17.2. The number of benzene rings is 2. The summed E-state index contributed by atoms with van der Waals surface area (Å²) in [6.07, 6.45) is -4.87. The fourth-order valence-electron chi connectivity index (χ4n) is 1.81. The van der Waals surface area contributed by atoms with E-state index in [4.69, 9.17) is 0 Å². The standard InChI is InChI=1S/C14H9F3N2O4/c15-14(16,17)10-6-9(7-12(8-10)19(22)23)13(20)18(21)11-4-2-1-3-5-11/h1-8,21H. The van der Waals surface area contributed by atoms with Crippen molar-refractivity contribution in [3.63, 3.8) is 0 Å². The second kappa shape index (κ2) is 6.05. The number of halogens is 3. The molecule has 0 atom stereocenters. The van der Waals surface area contributed by atoms with Gasteiger partial charge in [-0.1, -0.05) is 18.2 Å². The van der Waals surface area contributed by atoms with Crippen molar-refractivity contribution in [2.45, 2.75) is 6.18 Å². The molecule has 2 aromatic rings. The summed E-state index contributed by atoms with van der Waals surface area (Å²) in [6, 6.07) is 8.74. The number of nitrogens with zero attached hydrogens (tertiary/aromatic N) is 2. The molecule has 2 aromatic carbocycles. The molecule has 0 aliphatic rings. The van der Waals surface area contributed by atoms with Crippen molar-refractivity contribution in [3.8, 4) is 0 Å². The topological polar surface area (TPSA) is 83.7 Å². The molecule has 0 saturated carbocycles. The minimum atomic E-state index is -4.87. The average Bonchev–Trinajstić information content (AvgIpc) is 2.53. The quantitative estimate of drug-likeness (QED) is 0.530. The Hall–Kier alpha value is -2.94. The molecular formula is C14H9F3N2O4. The van der Waals surface area contributed by atoms with Crippen LogP contribution < -0.4 is 5.06 Å². The van der Waals surface area contributed by atoms with Gasteiger partial charge < -0.3 is 0 Å². The van der Waals surface area contributed by atoms with E-state index in [2.05, 4.69) is 0 Å². The number of rotatable bonds is 3. The zero-order valence-electron chi connectivity index (χ0n) is 11.3. The van der Waals surface area contributed by atoms with Crippen molar-refractivity contribution in [1.82, 2.24) is 0 Å². The molecule has 0 aromatic heterocycles. The zero-order valence-corrected chi connectivity index (χ0v) is 11.3. The molecule has 6 nitrogen and oxygen atoms in total. The molecule has 0 fully saturated rings. The minimum absolute atomic E-state index is 0.0116. The van der Waals surface area contributed by atoms with Crippen LogP contribution in [0.2, 0.25) is 0 Å². The van der Waals surface area contributed by atoms with Crippen molar-refractivity contribution in [1.29, 1.82) is 0 Å². The fraction of sp³-hybridized carbons (Fsp3) is 0.0714. The molecule has 0 heterocycles. The number of hydroxylamine groups is 1. The maximum absolute atomic E-state index is 12.8. The van der Waals surface area contributed by atoms with E-state index >= 15 is 0 Å². The lowest BCUT2D eigenvalue weighted by Crippen LogP contribution is -2.27. The van der Waals surface area contributed by atoms with Crippen LogP contribution in [0.1, 0.15) is 15.9 Å². The number of non-ortho nitro benzene ring substituents is 1. The van der Waals surface area contributed by atoms with Crippen LogP contribution >= 0.6 is 0 Å². The second-order valence-electron chi connectivity index (χ2n) is 4.48. The number of carbonyl (C=O) groups is 1. The first-order valence-electron chi connectivity index (χ1n) is 6.15. The normalized spacial score (nSPS) is 11.1. The third-order valence-electron chi connectivity index (χ3n) is 2.90. The van der Waals surface area contributed by atoms with Crippen LogP contribution in [0.4, 0.5) is 24.5 Å².